The fraction of sp³-hybridized carbons (Fsp3) is 0. The molecule has 70 valence electrons. The fourth-order valence-electron chi connectivity index (χ4n) is 1.14. The molecular weight excluding hydrogens is 402 g/mol. The van der Waals surface area contributed by atoms with Gasteiger partial charge < -0.3 is 0 Å². The summed E-state index contributed by atoms with van der Waals surface area (Å²) >= 11 is 4.52. The van der Waals surface area contributed by atoms with Crippen LogP contribution in [0.15, 0.2) is 36.7 Å². The second-order valence-electron chi connectivity index (χ2n) is 2.73. The van der Waals surface area contributed by atoms with Crippen LogP contribution in [0.5, 0.6) is 0 Å². The average Bonchev–Trinajstić information content (AvgIpc) is 2.18. The predicted molar refractivity (Wildman–Crippen MR) is 72.9 cm³/mol. The number of hydrogen-bond acceptors (Lipinski definition) is 2. The molecule has 0 saturated carbocycles. The molecule has 0 bridgehead atoms. The lowest BCUT2D eigenvalue weighted by atomic mass is 10.2. The minimum atomic E-state index is 1.00. The van der Waals surface area contributed by atoms with Crippen LogP contribution in [0.3, 0.4) is 0 Å². The zero-order valence-corrected chi connectivity index (χ0v) is 11.4. The van der Waals surface area contributed by atoms with Gasteiger partial charge in [-0.25, -0.2) is 4.98 Å². The van der Waals surface area contributed by atoms with Gasteiger partial charge in [-0.1, -0.05) is 0 Å². The third kappa shape index (κ3) is 2.41. The maximum Gasteiger partial charge on any atom is 0.103 e. The van der Waals surface area contributed by atoms with Gasteiger partial charge >= 0.3 is 0 Å². The van der Waals surface area contributed by atoms with Crippen LogP contribution in [0.25, 0.3) is 11.3 Å². The smallest absolute Gasteiger partial charge is 0.103 e. The number of hydrogen-bond donors (Lipinski definition) is 0. The minimum absolute atomic E-state index is 1.00. The van der Waals surface area contributed by atoms with Gasteiger partial charge in [0.1, 0.15) is 3.70 Å². The van der Waals surface area contributed by atoms with Gasteiger partial charge in [-0.05, 0) is 69.4 Å². The van der Waals surface area contributed by atoms with Crippen LogP contribution < -0.4 is 0 Å². The van der Waals surface area contributed by atoms with E-state index in [1.54, 1.807) is 12.4 Å². The Labute approximate surface area is 109 Å². The average molecular weight is 408 g/mol. The van der Waals surface area contributed by atoms with Gasteiger partial charge in [0.2, 0.25) is 0 Å². The second kappa shape index (κ2) is 4.52. The molecule has 2 aromatic heterocycles. The second-order valence-corrected chi connectivity index (χ2v) is 5.08. The highest BCUT2D eigenvalue weighted by atomic mass is 127. The van der Waals surface area contributed by atoms with Crippen molar-refractivity contribution in [3.63, 3.8) is 0 Å². The summed E-state index contributed by atoms with van der Waals surface area (Å²) in [6, 6.07) is 8.05. The quantitative estimate of drug-likeness (QED) is 0.535. The maximum absolute atomic E-state index is 4.46. The maximum atomic E-state index is 4.46. The molecule has 0 aliphatic heterocycles. The monoisotopic (exact) mass is 408 g/mol. The Kier molecular flexibility index (Phi) is 3.32. The van der Waals surface area contributed by atoms with Crippen LogP contribution in [0, 0.1) is 7.27 Å². The van der Waals surface area contributed by atoms with Crippen molar-refractivity contribution in [1.29, 1.82) is 0 Å². The topological polar surface area (TPSA) is 25.8 Å². The van der Waals surface area contributed by atoms with Crippen LogP contribution in [0.1, 0.15) is 0 Å². The number of aromatic nitrogens is 2. The molecule has 2 nitrogen and oxygen atoms in total. The van der Waals surface area contributed by atoms with E-state index in [1.807, 2.05) is 18.2 Å². The molecule has 0 spiro atoms. The van der Waals surface area contributed by atoms with E-state index < -0.39 is 0 Å². The summed E-state index contributed by atoms with van der Waals surface area (Å²) in [5.41, 5.74) is 2.11. The first-order valence-electron chi connectivity index (χ1n) is 3.99. The van der Waals surface area contributed by atoms with Gasteiger partial charge in [0, 0.05) is 21.5 Å². The first-order chi connectivity index (χ1) is 6.75. The van der Waals surface area contributed by atoms with Gasteiger partial charge in [-0.3, -0.25) is 4.98 Å². The lowest BCUT2D eigenvalue weighted by Gasteiger charge is -2.01. The van der Waals surface area contributed by atoms with E-state index in [4.69, 9.17) is 0 Å². The molecule has 0 unspecified atom stereocenters. The summed E-state index contributed by atoms with van der Waals surface area (Å²) in [7, 11) is 0. The van der Waals surface area contributed by atoms with Crippen molar-refractivity contribution in [3.05, 3.63) is 43.9 Å². The lowest BCUT2D eigenvalue weighted by molar-refractivity contribution is 1.25. The van der Waals surface area contributed by atoms with Crippen LogP contribution >= 0.6 is 45.2 Å². The normalized spacial score (nSPS) is 10.1. The lowest BCUT2D eigenvalue weighted by Crippen LogP contribution is -1.88. The molecule has 4 heteroatoms. The van der Waals surface area contributed by atoms with E-state index in [9.17, 15) is 0 Å². The first kappa shape index (κ1) is 10.3. The summed E-state index contributed by atoms with van der Waals surface area (Å²) in [4.78, 5) is 8.44. The fourth-order valence-corrected chi connectivity index (χ4v) is 2.92. The van der Waals surface area contributed by atoms with Crippen LogP contribution in [-0.4, -0.2) is 9.97 Å². The molecule has 0 aromatic carbocycles. The Balaban J connectivity index is 2.52. The zero-order valence-electron chi connectivity index (χ0n) is 7.11. The largest absolute Gasteiger partial charge is 0.265 e. The van der Waals surface area contributed by atoms with Crippen LogP contribution in [0.2, 0.25) is 0 Å². The standard InChI is InChI=1S/C10H6I2N2/c11-8-5-9(14-10(12)6-8)7-1-3-13-4-2-7/h1-6H. The Bertz CT molecular complexity index is 423. The molecule has 2 rings (SSSR count). The molecule has 0 aliphatic carbocycles. The van der Waals surface area contributed by atoms with Gasteiger partial charge in [0.25, 0.3) is 0 Å². The van der Waals surface area contributed by atoms with E-state index in [1.165, 1.54) is 3.57 Å². The van der Waals surface area contributed by atoms with Crippen LogP contribution in [0.4, 0.5) is 0 Å². The van der Waals surface area contributed by atoms with Crippen LogP contribution in [-0.2, 0) is 0 Å². The number of rotatable bonds is 1. The SMILES string of the molecule is Ic1cc(I)nc(-c2ccncc2)c1. The van der Waals surface area contributed by atoms with Crippen molar-refractivity contribution in [2.24, 2.45) is 0 Å². The van der Waals surface area contributed by atoms with Crippen molar-refractivity contribution in [1.82, 2.24) is 9.97 Å². The summed E-state index contributed by atoms with van der Waals surface area (Å²) in [5, 5.41) is 0. The Morgan fingerprint density at radius 1 is 1.00 bits per heavy atom. The Hall–Kier alpha value is -0.240. The summed E-state index contributed by atoms with van der Waals surface area (Å²) in [6.45, 7) is 0. The van der Waals surface area contributed by atoms with Crippen molar-refractivity contribution in [3.8, 4) is 11.3 Å². The van der Waals surface area contributed by atoms with E-state index in [2.05, 4.69) is 61.2 Å². The van der Waals surface area contributed by atoms with E-state index >= 15 is 0 Å². The van der Waals surface area contributed by atoms with Gasteiger partial charge in [-0.15, -0.1) is 0 Å². The molecule has 0 atom stereocenters. The molecular formula is C10H6I2N2. The third-order valence-corrected chi connectivity index (χ3v) is 2.91. The summed E-state index contributed by atoms with van der Waals surface area (Å²) in [6.07, 6.45) is 3.56. The van der Waals surface area contributed by atoms with Gasteiger partial charge in [0.15, 0.2) is 0 Å². The molecule has 0 saturated heterocycles. The molecule has 14 heavy (non-hydrogen) atoms. The number of halogens is 2. The zero-order chi connectivity index (χ0) is 9.97. The molecule has 0 radical (unpaired) electrons. The van der Waals surface area contributed by atoms with E-state index in [-0.39, 0.29) is 0 Å². The van der Waals surface area contributed by atoms with Crippen molar-refractivity contribution in [2.75, 3.05) is 0 Å². The third-order valence-electron chi connectivity index (χ3n) is 1.73. The summed E-state index contributed by atoms with van der Waals surface area (Å²) < 4.78 is 2.22. The van der Waals surface area contributed by atoms with Gasteiger partial charge in [0.05, 0.1) is 5.69 Å². The highest BCUT2D eigenvalue weighted by Crippen LogP contribution is 2.19. The highest BCUT2D eigenvalue weighted by Gasteiger charge is 2.01. The Morgan fingerprint density at radius 3 is 2.36 bits per heavy atom. The Morgan fingerprint density at radius 2 is 1.71 bits per heavy atom. The predicted octanol–water partition coefficient (Wildman–Crippen LogP) is 3.35. The molecule has 2 aromatic rings. The van der Waals surface area contributed by atoms with Crippen molar-refractivity contribution < 1.29 is 0 Å². The molecule has 2 heterocycles. The van der Waals surface area contributed by atoms with Gasteiger partial charge in [-0.2, -0.15) is 0 Å². The summed E-state index contributed by atoms with van der Waals surface area (Å²) in [5.74, 6) is 0. The molecule has 0 amide bonds. The minimum Gasteiger partial charge on any atom is -0.265 e. The van der Waals surface area contributed by atoms with Crippen molar-refractivity contribution >= 4 is 45.2 Å². The molecule has 0 N–H and O–H groups in total. The molecule has 0 fully saturated rings. The number of nitrogens with zero attached hydrogens (tertiary/aromatic N) is 2. The van der Waals surface area contributed by atoms with E-state index in [0.717, 1.165) is 15.0 Å². The highest BCUT2D eigenvalue weighted by molar-refractivity contribution is 14.1. The number of pyridine rings is 2. The first-order valence-corrected chi connectivity index (χ1v) is 6.15. The van der Waals surface area contributed by atoms with E-state index in [0.29, 0.717) is 0 Å². The molecule has 0 aliphatic rings. The van der Waals surface area contributed by atoms with Crippen molar-refractivity contribution in [2.45, 2.75) is 0 Å².